The number of ether oxygens (including phenoxy) is 2. The Bertz CT molecular complexity index is 2360. The molecule has 0 spiro atoms. The maximum atomic E-state index is 6.43. The SMILES string of the molecule is Cc1ccnc(-n2c3[c-]c(Oc4[c-]c(-n5nc(C)c(-c6ccccc6)c5COc5ccccc5)ccc4)ccc3c3ccccc32)c1.[Pt+2]. The summed E-state index contributed by atoms with van der Waals surface area (Å²) >= 11 is 0. The normalized spacial score (nSPS) is 11.0. The summed E-state index contributed by atoms with van der Waals surface area (Å²) in [6.45, 7) is 4.43. The van der Waals surface area contributed by atoms with E-state index < -0.39 is 0 Å². The van der Waals surface area contributed by atoms with Gasteiger partial charge < -0.3 is 14.0 Å². The van der Waals surface area contributed by atoms with Crippen molar-refractivity contribution in [2.45, 2.75) is 20.5 Å². The minimum atomic E-state index is 0. The first-order valence-electron chi connectivity index (χ1n) is 15.5. The number of nitrogens with zero attached hydrogens (tertiary/aromatic N) is 4. The molecular formula is C41H30N4O2Pt. The molecule has 8 aromatic rings. The first-order chi connectivity index (χ1) is 23.1. The Kier molecular flexibility index (Phi) is 8.66. The average molecular weight is 806 g/mol. The van der Waals surface area contributed by atoms with Gasteiger partial charge >= 0.3 is 21.1 Å². The van der Waals surface area contributed by atoms with Crippen molar-refractivity contribution in [3.8, 4) is 39.9 Å². The minimum absolute atomic E-state index is 0. The molecular weight excluding hydrogens is 776 g/mol. The number of rotatable bonds is 8. The molecule has 3 aromatic heterocycles. The summed E-state index contributed by atoms with van der Waals surface area (Å²) in [6, 6.07) is 49.4. The zero-order chi connectivity index (χ0) is 31.7. The zero-order valence-corrected chi connectivity index (χ0v) is 28.6. The van der Waals surface area contributed by atoms with Crippen molar-refractivity contribution in [2.75, 3.05) is 0 Å². The van der Waals surface area contributed by atoms with Gasteiger partial charge in [0.25, 0.3) is 0 Å². The minimum Gasteiger partial charge on any atom is -0.509 e. The summed E-state index contributed by atoms with van der Waals surface area (Å²) in [5.74, 6) is 2.77. The van der Waals surface area contributed by atoms with E-state index in [2.05, 4.69) is 66.1 Å². The fraction of sp³-hybridized carbons (Fsp3) is 0.0732. The molecule has 0 fully saturated rings. The molecule has 0 atom stereocenters. The van der Waals surface area contributed by atoms with E-state index in [4.69, 9.17) is 19.6 Å². The second-order valence-corrected chi connectivity index (χ2v) is 11.4. The Morgan fingerprint density at radius 1 is 0.708 bits per heavy atom. The van der Waals surface area contributed by atoms with Gasteiger partial charge in [0, 0.05) is 28.8 Å². The predicted octanol–water partition coefficient (Wildman–Crippen LogP) is 9.62. The number of pyridine rings is 1. The monoisotopic (exact) mass is 805 g/mol. The quantitative estimate of drug-likeness (QED) is 0.144. The summed E-state index contributed by atoms with van der Waals surface area (Å²) in [6.07, 6.45) is 1.84. The Morgan fingerprint density at radius 2 is 1.46 bits per heavy atom. The fourth-order valence-electron chi connectivity index (χ4n) is 6.11. The molecule has 0 aliphatic heterocycles. The number of aromatic nitrogens is 4. The van der Waals surface area contributed by atoms with Crippen molar-refractivity contribution in [3.05, 3.63) is 163 Å². The Morgan fingerprint density at radius 3 is 2.27 bits per heavy atom. The summed E-state index contributed by atoms with van der Waals surface area (Å²) in [5.41, 5.74) is 7.79. The largest absolute Gasteiger partial charge is 2.00 e. The molecule has 236 valence electrons. The molecule has 48 heavy (non-hydrogen) atoms. The summed E-state index contributed by atoms with van der Waals surface area (Å²) < 4.78 is 16.7. The predicted molar refractivity (Wildman–Crippen MR) is 186 cm³/mol. The third-order valence-corrected chi connectivity index (χ3v) is 8.23. The molecule has 0 bridgehead atoms. The molecule has 6 nitrogen and oxygen atoms in total. The van der Waals surface area contributed by atoms with Crippen molar-refractivity contribution in [1.82, 2.24) is 19.3 Å². The van der Waals surface area contributed by atoms with Crippen molar-refractivity contribution in [3.63, 3.8) is 0 Å². The van der Waals surface area contributed by atoms with Gasteiger partial charge in [0.15, 0.2) is 0 Å². The molecule has 0 unspecified atom stereocenters. The van der Waals surface area contributed by atoms with Gasteiger partial charge in [-0.15, -0.1) is 35.7 Å². The third-order valence-electron chi connectivity index (χ3n) is 8.23. The van der Waals surface area contributed by atoms with Crippen LogP contribution in [0, 0.1) is 26.0 Å². The number of fused-ring (bicyclic) bond motifs is 3. The first-order valence-corrected chi connectivity index (χ1v) is 15.5. The van der Waals surface area contributed by atoms with Gasteiger partial charge in [-0.1, -0.05) is 72.2 Å². The maximum absolute atomic E-state index is 6.43. The summed E-state index contributed by atoms with van der Waals surface area (Å²) in [5, 5.41) is 7.18. The molecule has 0 amide bonds. The van der Waals surface area contributed by atoms with Gasteiger partial charge in [-0.2, -0.15) is 17.2 Å². The van der Waals surface area contributed by atoms with E-state index in [-0.39, 0.29) is 21.1 Å². The molecule has 3 heterocycles. The van der Waals surface area contributed by atoms with Crippen LogP contribution in [0.4, 0.5) is 0 Å². The maximum Gasteiger partial charge on any atom is 2.00 e. The van der Waals surface area contributed by atoms with E-state index in [0.29, 0.717) is 18.1 Å². The number of benzene rings is 5. The number of hydrogen-bond acceptors (Lipinski definition) is 4. The van der Waals surface area contributed by atoms with Crippen LogP contribution in [0.15, 0.2) is 134 Å². The first kappa shape index (κ1) is 31.2. The second-order valence-electron chi connectivity index (χ2n) is 11.4. The van der Waals surface area contributed by atoms with Crippen molar-refractivity contribution < 1.29 is 30.5 Å². The molecule has 7 heteroatoms. The molecule has 0 aliphatic rings. The van der Waals surface area contributed by atoms with Gasteiger partial charge in [0.1, 0.15) is 18.2 Å². The van der Waals surface area contributed by atoms with Crippen LogP contribution < -0.4 is 9.47 Å². The van der Waals surface area contributed by atoms with E-state index >= 15 is 0 Å². The molecule has 0 saturated carbocycles. The molecule has 5 aromatic carbocycles. The number of para-hydroxylation sites is 2. The van der Waals surface area contributed by atoms with Gasteiger partial charge in [0.05, 0.1) is 11.4 Å². The van der Waals surface area contributed by atoms with Crippen LogP contribution in [-0.2, 0) is 27.7 Å². The smallest absolute Gasteiger partial charge is 0.509 e. The van der Waals surface area contributed by atoms with Crippen LogP contribution in [0.1, 0.15) is 17.0 Å². The van der Waals surface area contributed by atoms with E-state index in [1.165, 1.54) is 0 Å². The molecule has 0 aliphatic carbocycles. The van der Waals surface area contributed by atoms with Gasteiger partial charge in [-0.25, -0.2) is 4.98 Å². The Hall–Kier alpha value is -5.45. The summed E-state index contributed by atoms with van der Waals surface area (Å²) in [7, 11) is 0. The van der Waals surface area contributed by atoms with Crippen LogP contribution >= 0.6 is 0 Å². The van der Waals surface area contributed by atoms with Crippen LogP contribution in [0.3, 0.4) is 0 Å². The Labute approximate surface area is 293 Å². The van der Waals surface area contributed by atoms with Crippen molar-refractivity contribution >= 4 is 21.8 Å². The molecule has 0 saturated heterocycles. The molecule has 0 N–H and O–H groups in total. The molecule has 0 radical (unpaired) electrons. The fourth-order valence-corrected chi connectivity index (χ4v) is 6.11. The van der Waals surface area contributed by atoms with Crippen LogP contribution in [0.2, 0.25) is 0 Å². The van der Waals surface area contributed by atoms with Gasteiger partial charge in [0.2, 0.25) is 0 Å². The number of hydrogen-bond donors (Lipinski definition) is 0. The summed E-state index contributed by atoms with van der Waals surface area (Å²) in [4.78, 5) is 4.69. The third kappa shape index (κ3) is 5.91. The zero-order valence-electron chi connectivity index (χ0n) is 26.3. The second kappa shape index (κ2) is 13.3. The van der Waals surface area contributed by atoms with Crippen molar-refractivity contribution in [2.24, 2.45) is 0 Å². The van der Waals surface area contributed by atoms with Gasteiger partial charge in [-0.05, 0) is 66.4 Å². The van der Waals surface area contributed by atoms with Crippen molar-refractivity contribution in [1.29, 1.82) is 0 Å². The van der Waals surface area contributed by atoms with E-state index in [9.17, 15) is 0 Å². The Balaban J connectivity index is 0.00000364. The number of aryl methyl sites for hydroxylation is 2. The topological polar surface area (TPSA) is 54.1 Å². The molecule has 8 rings (SSSR count). The van der Waals surface area contributed by atoms with E-state index in [1.54, 1.807) is 0 Å². The van der Waals surface area contributed by atoms with Crippen LogP contribution in [-0.4, -0.2) is 19.3 Å². The van der Waals surface area contributed by atoms with Crippen LogP contribution in [0.5, 0.6) is 17.2 Å². The van der Waals surface area contributed by atoms with E-state index in [1.807, 2.05) is 103 Å². The van der Waals surface area contributed by atoms with Crippen LogP contribution in [0.25, 0.3) is 44.4 Å². The van der Waals surface area contributed by atoms with E-state index in [0.717, 1.165) is 67.1 Å². The standard InChI is InChI=1S/C41H30N4O2.Pt/c1-28-22-23-42-40(24-28)44-37-19-10-9-18-35(37)36-21-20-34(26-38(36)44)47-33-17-11-14-31(25-33)45-39(27-46-32-15-7-4-8-16-32)41(29(2)43-45)30-12-5-3-6-13-30;/h3-24H,27H2,1-2H3;/q-2;+2. The average Bonchev–Trinajstić information content (AvgIpc) is 3.62. The van der Waals surface area contributed by atoms with Gasteiger partial charge in [-0.3, -0.25) is 4.68 Å².